The van der Waals surface area contributed by atoms with Gasteiger partial charge < -0.3 is 5.11 Å². The molecule has 1 nitrogen and oxygen atoms in total. The summed E-state index contributed by atoms with van der Waals surface area (Å²) in [4.78, 5) is 0. The van der Waals surface area contributed by atoms with Crippen LogP contribution in [0, 0.1) is 0 Å². The van der Waals surface area contributed by atoms with Crippen LogP contribution in [0.2, 0.25) is 0 Å². The smallest absolute Gasteiger partial charge is 0.0431 e. The third-order valence-corrected chi connectivity index (χ3v) is 0.809. The maximum Gasteiger partial charge on any atom is 0.0431 e. The van der Waals surface area contributed by atoms with Crippen LogP contribution in [0.1, 0.15) is 12.8 Å². The third kappa shape index (κ3) is 11.0. The van der Waals surface area contributed by atoms with Gasteiger partial charge in [-0.1, -0.05) is 0 Å². The van der Waals surface area contributed by atoms with Crippen molar-refractivity contribution in [2.45, 2.75) is 12.8 Å². The van der Waals surface area contributed by atoms with Crippen LogP contribution in [0.15, 0.2) is 0 Å². The van der Waals surface area contributed by atoms with E-state index < -0.39 is 0 Å². The molecule has 0 atom stereocenters. The van der Waals surface area contributed by atoms with Gasteiger partial charge in [-0.3, -0.25) is 0 Å². The first kappa shape index (κ1) is 11.0. The van der Waals surface area contributed by atoms with Crippen molar-refractivity contribution in [2.75, 3.05) is 12.5 Å². The van der Waals surface area contributed by atoms with Crippen LogP contribution >= 0.6 is 11.6 Å². The number of unbranched alkanes of at least 4 members (excludes halogenated alkanes) is 1. The van der Waals surface area contributed by atoms with E-state index >= 15 is 0 Å². The number of aliphatic hydroxyl groups is 1. The van der Waals surface area contributed by atoms with Gasteiger partial charge in [0.05, 0.1) is 0 Å². The van der Waals surface area contributed by atoms with Gasteiger partial charge in [-0.2, -0.15) is 0 Å². The average molecular weight is 200 g/mol. The molecular weight excluding hydrogens is 191 g/mol. The van der Waals surface area contributed by atoms with Crippen LogP contribution in [0.25, 0.3) is 0 Å². The molecule has 0 rings (SSSR count). The van der Waals surface area contributed by atoms with Gasteiger partial charge in [-0.05, 0) is 12.8 Å². The molecule has 0 amide bonds. The van der Waals surface area contributed by atoms with Crippen LogP contribution in [0.4, 0.5) is 0 Å². The Morgan fingerprint density at radius 1 is 1.29 bits per heavy atom. The third-order valence-electron chi connectivity index (χ3n) is 0.542. The van der Waals surface area contributed by atoms with Gasteiger partial charge in [0.25, 0.3) is 0 Å². The predicted molar refractivity (Wildman–Crippen MR) is 27.0 cm³/mol. The molecule has 0 aromatic heterocycles. The number of hydrogen-bond donors (Lipinski definition) is 1. The van der Waals surface area contributed by atoms with Gasteiger partial charge in [0.2, 0.25) is 0 Å². The standard InChI is InChI=1S/C4H9ClO.Zr/c5-3-1-2-4-6;/h6H,1-4H2;. The molecule has 0 aliphatic rings. The Hall–Kier alpha value is 1.13. The van der Waals surface area contributed by atoms with Crippen molar-refractivity contribution in [3.63, 3.8) is 0 Å². The molecule has 3 heteroatoms. The summed E-state index contributed by atoms with van der Waals surface area (Å²) in [5.74, 6) is 0.667. The fourth-order valence-electron chi connectivity index (χ4n) is 0.206. The maximum absolute atomic E-state index is 8.14. The molecule has 1 N–H and O–H groups in total. The molecule has 0 spiro atoms. The van der Waals surface area contributed by atoms with Crippen molar-refractivity contribution >= 4 is 11.6 Å². The normalized spacial score (nSPS) is 7.71. The van der Waals surface area contributed by atoms with Crippen LogP contribution in [0.3, 0.4) is 0 Å². The van der Waals surface area contributed by atoms with E-state index in [1.54, 1.807) is 0 Å². The maximum atomic E-state index is 8.14. The summed E-state index contributed by atoms with van der Waals surface area (Å²) in [5, 5.41) is 8.14. The largest absolute Gasteiger partial charge is 0.396 e. The Balaban J connectivity index is 0. The summed E-state index contributed by atoms with van der Waals surface area (Å²) in [7, 11) is 0. The van der Waals surface area contributed by atoms with E-state index in [4.69, 9.17) is 16.7 Å². The Labute approximate surface area is 68.2 Å². The fourth-order valence-corrected chi connectivity index (χ4v) is 0.395. The van der Waals surface area contributed by atoms with Gasteiger partial charge in [0.15, 0.2) is 0 Å². The summed E-state index contributed by atoms with van der Waals surface area (Å²) < 4.78 is 0. The minimum Gasteiger partial charge on any atom is -0.396 e. The number of aliphatic hydroxyl groups excluding tert-OH is 1. The Kier molecular flexibility index (Phi) is 16.0. The summed E-state index contributed by atoms with van der Waals surface area (Å²) in [6.45, 7) is 0.271. The molecule has 0 fully saturated rings. The molecule has 0 saturated carbocycles. The molecule has 0 aliphatic heterocycles. The first-order valence-electron chi connectivity index (χ1n) is 2.08. The first-order chi connectivity index (χ1) is 2.91. The molecule has 42 valence electrons. The van der Waals surface area contributed by atoms with E-state index in [2.05, 4.69) is 0 Å². The van der Waals surface area contributed by atoms with Crippen LogP contribution < -0.4 is 0 Å². The summed E-state index contributed by atoms with van der Waals surface area (Å²) in [5.41, 5.74) is 0. The molecule has 0 aliphatic carbocycles. The minimum absolute atomic E-state index is 0. The van der Waals surface area contributed by atoms with Gasteiger partial charge in [0.1, 0.15) is 0 Å². The Bertz CT molecular complexity index is 23.7. The predicted octanol–water partition coefficient (Wildman–Crippen LogP) is 0.995. The van der Waals surface area contributed by atoms with Crippen molar-refractivity contribution in [2.24, 2.45) is 0 Å². The van der Waals surface area contributed by atoms with Crippen LogP contribution in [-0.2, 0) is 26.2 Å². The van der Waals surface area contributed by atoms with Crippen molar-refractivity contribution < 1.29 is 31.3 Å². The van der Waals surface area contributed by atoms with Gasteiger partial charge in [-0.15, -0.1) is 11.6 Å². The second-order valence-corrected chi connectivity index (χ2v) is 1.50. The SMILES string of the molecule is OCCCCCl.[Zr]. The molecule has 0 aromatic carbocycles. The van der Waals surface area contributed by atoms with E-state index in [9.17, 15) is 0 Å². The molecule has 0 radical (unpaired) electrons. The van der Waals surface area contributed by atoms with E-state index in [1.165, 1.54) is 0 Å². The zero-order chi connectivity index (χ0) is 4.83. The number of alkyl halides is 1. The quantitative estimate of drug-likeness (QED) is 0.531. The number of rotatable bonds is 3. The van der Waals surface area contributed by atoms with E-state index in [0.717, 1.165) is 12.8 Å². The minimum atomic E-state index is 0. The Morgan fingerprint density at radius 2 is 1.86 bits per heavy atom. The van der Waals surface area contributed by atoms with Gasteiger partial charge >= 0.3 is 0 Å². The Morgan fingerprint density at radius 3 is 2.00 bits per heavy atom. The topological polar surface area (TPSA) is 20.2 Å². The number of hydrogen-bond acceptors (Lipinski definition) is 1. The van der Waals surface area contributed by atoms with Crippen molar-refractivity contribution in [3.05, 3.63) is 0 Å². The number of halogens is 1. The van der Waals surface area contributed by atoms with E-state index in [0.29, 0.717) is 5.88 Å². The van der Waals surface area contributed by atoms with E-state index in [-0.39, 0.29) is 32.8 Å². The van der Waals surface area contributed by atoms with Gasteiger partial charge in [-0.25, -0.2) is 0 Å². The molecular formula is C4H9ClOZr. The summed E-state index contributed by atoms with van der Waals surface area (Å²) in [6.07, 6.45) is 1.77. The van der Waals surface area contributed by atoms with Crippen molar-refractivity contribution in [3.8, 4) is 0 Å². The van der Waals surface area contributed by atoms with Crippen molar-refractivity contribution in [1.29, 1.82) is 0 Å². The fraction of sp³-hybridized carbons (Fsp3) is 1.00. The molecule has 0 saturated heterocycles. The average Bonchev–Trinajstić information content (AvgIpc) is 1.61. The van der Waals surface area contributed by atoms with Crippen molar-refractivity contribution in [1.82, 2.24) is 0 Å². The van der Waals surface area contributed by atoms with Crippen LogP contribution in [-0.4, -0.2) is 17.6 Å². The van der Waals surface area contributed by atoms with E-state index in [1.807, 2.05) is 0 Å². The zero-order valence-corrected chi connectivity index (χ0v) is 7.37. The summed E-state index contributed by atoms with van der Waals surface area (Å²) >= 11 is 5.27. The summed E-state index contributed by atoms with van der Waals surface area (Å²) in [6, 6.07) is 0. The zero-order valence-electron chi connectivity index (χ0n) is 4.15. The molecule has 0 aromatic rings. The monoisotopic (exact) mass is 198 g/mol. The molecule has 0 heterocycles. The second-order valence-electron chi connectivity index (χ2n) is 1.12. The first-order valence-corrected chi connectivity index (χ1v) is 2.62. The second kappa shape index (κ2) is 10.2. The molecule has 0 bridgehead atoms. The van der Waals surface area contributed by atoms with Crippen LogP contribution in [0.5, 0.6) is 0 Å². The van der Waals surface area contributed by atoms with Gasteiger partial charge in [0, 0.05) is 38.7 Å². The molecule has 7 heavy (non-hydrogen) atoms. The molecule has 0 unspecified atom stereocenters.